The van der Waals surface area contributed by atoms with Gasteiger partial charge in [-0.1, -0.05) is 0 Å². The minimum absolute atomic E-state index is 0.0838. The molecule has 2 rings (SSSR count). The number of aromatic amines is 2. The molecule has 0 aliphatic heterocycles. The van der Waals surface area contributed by atoms with E-state index >= 15 is 0 Å². The van der Waals surface area contributed by atoms with E-state index in [2.05, 4.69) is 10.2 Å². The summed E-state index contributed by atoms with van der Waals surface area (Å²) in [6, 6.07) is 0.122. The summed E-state index contributed by atoms with van der Waals surface area (Å²) in [6.07, 6.45) is 2.31. The molecular formula is C8H12N4O3. The number of hydrogen-bond acceptors (Lipinski definition) is 5. The van der Waals surface area contributed by atoms with E-state index in [9.17, 15) is 9.59 Å². The molecule has 15 heavy (non-hydrogen) atoms. The second-order valence-electron chi connectivity index (χ2n) is 3.62. The summed E-state index contributed by atoms with van der Waals surface area (Å²) in [6.45, 7) is 0. The Morgan fingerprint density at radius 1 is 1.40 bits per heavy atom. The average Bonchev–Trinajstić information content (AvgIpc) is 2.56. The lowest BCUT2D eigenvalue weighted by molar-refractivity contribution is 0.193. The summed E-state index contributed by atoms with van der Waals surface area (Å²) in [5.41, 5.74) is 4.44. The van der Waals surface area contributed by atoms with Gasteiger partial charge in [0.2, 0.25) is 0 Å². The van der Waals surface area contributed by atoms with Crippen LogP contribution in [0.2, 0.25) is 0 Å². The number of nitrogens with one attached hydrogen (secondary N) is 2. The molecule has 2 unspecified atom stereocenters. The molecule has 1 aliphatic rings. The highest BCUT2D eigenvalue weighted by molar-refractivity contribution is 5.01. The normalized spacial score (nSPS) is 25.4. The van der Waals surface area contributed by atoms with E-state index < -0.39 is 11.2 Å². The first-order valence-corrected chi connectivity index (χ1v) is 4.76. The third-order valence-corrected chi connectivity index (χ3v) is 2.38. The summed E-state index contributed by atoms with van der Waals surface area (Å²) in [5, 5.41) is 5.63. The molecule has 4 N–H and O–H groups in total. The molecule has 1 aliphatic carbocycles. The van der Waals surface area contributed by atoms with Crippen LogP contribution in [0.15, 0.2) is 9.59 Å². The van der Waals surface area contributed by atoms with Gasteiger partial charge in [0.15, 0.2) is 0 Å². The monoisotopic (exact) mass is 212 g/mol. The molecule has 0 radical (unpaired) electrons. The van der Waals surface area contributed by atoms with Gasteiger partial charge >= 0.3 is 11.2 Å². The number of rotatable bonds is 2. The van der Waals surface area contributed by atoms with Crippen molar-refractivity contribution in [1.29, 1.82) is 0 Å². The molecule has 0 aromatic carbocycles. The van der Waals surface area contributed by atoms with Gasteiger partial charge in [0.05, 0.1) is 0 Å². The van der Waals surface area contributed by atoms with Crippen molar-refractivity contribution in [2.45, 2.75) is 31.4 Å². The van der Waals surface area contributed by atoms with Crippen molar-refractivity contribution >= 4 is 0 Å². The predicted molar refractivity (Wildman–Crippen MR) is 51.7 cm³/mol. The molecule has 0 saturated heterocycles. The van der Waals surface area contributed by atoms with Crippen molar-refractivity contribution in [1.82, 2.24) is 15.2 Å². The van der Waals surface area contributed by atoms with E-state index in [0.29, 0.717) is 6.42 Å². The summed E-state index contributed by atoms with van der Waals surface area (Å²) in [7, 11) is 0. The molecule has 2 atom stereocenters. The quantitative estimate of drug-likeness (QED) is 0.564. The van der Waals surface area contributed by atoms with Crippen molar-refractivity contribution < 1.29 is 4.74 Å². The molecule has 1 aromatic heterocycles. The van der Waals surface area contributed by atoms with Gasteiger partial charge in [-0.25, -0.2) is 9.89 Å². The average molecular weight is 212 g/mol. The first kappa shape index (κ1) is 9.91. The maximum atomic E-state index is 11.2. The maximum Gasteiger partial charge on any atom is 0.342 e. The highest BCUT2D eigenvalue weighted by atomic mass is 16.5. The molecule has 1 heterocycles. The standard InChI is InChI=1S/C8H12N4O3/c9-4-1-2-5(3-4)15-7-6(13)10-8(14)12-11-7/h4-5H,1-3,9H2,(H2,10,12,13,14). The smallest absolute Gasteiger partial charge is 0.342 e. The third-order valence-electron chi connectivity index (χ3n) is 2.38. The summed E-state index contributed by atoms with van der Waals surface area (Å²) < 4.78 is 5.33. The highest BCUT2D eigenvalue weighted by Gasteiger charge is 2.24. The van der Waals surface area contributed by atoms with Crippen LogP contribution in [0.5, 0.6) is 5.88 Å². The second kappa shape index (κ2) is 3.85. The molecule has 1 aromatic rings. The van der Waals surface area contributed by atoms with E-state index in [4.69, 9.17) is 10.5 Å². The topological polar surface area (TPSA) is 114 Å². The molecular weight excluding hydrogens is 200 g/mol. The zero-order valence-corrected chi connectivity index (χ0v) is 8.03. The van der Waals surface area contributed by atoms with Crippen LogP contribution in [-0.4, -0.2) is 27.3 Å². The predicted octanol–water partition coefficient (Wildman–Crippen LogP) is -1.28. The van der Waals surface area contributed by atoms with E-state index in [0.717, 1.165) is 12.8 Å². The van der Waals surface area contributed by atoms with E-state index in [1.165, 1.54) is 0 Å². The Balaban J connectivity index is 2.11. The van der Waals surface area contributed by atoms with Gasteiger partial charge in [-0.15, -0.1) is 5.10 Å². The van der Waals surface area contributed by atoms with Crippen molar-refractivity contribution in [3.8, 4) is 5.88 Å². The number of aromatic nitrogens is 3. The van der Waals surface area contributed by atoms with Crippen LogP contribution in [-0.2, 0) is 0 Å². The van der Waals surface area contributed by atoms with Gasteiger partial charge in [-0.2, -0.15) is 0 Å². The largest absolute Gasteiger partial charge is 0.469 e. The Kier molecular flexibility index (Phi) is 2.55. The lowest BCUT2D eigenvalue weighted by Gasteiger charge is -2.10. The van der Waals surface area contributed by atoms with Crippen LogP contribution in [0.1, 0.15) is 19.3 Å². The van der Waals surface area contributed by atoms with Crippen LogP contribution in [0.3, 0.4) is 0 Å². The lowest BCUT2D eigenvalue weighted by Crippen LogP contribution is -2.28. The number of nitrogens with two attached hydrogens (primary N) is 1. The van der Waals surface area contributed by atoms with Gasteiger partial charge < -0.3 is 10.5 Å². The SMILES string of the molecule is NC1CCC(Oc2n[nH]c(=O)[nH]c2=O)C1. The Hall–Kier alpha value is -1.63. The van der Waals surface area contributed by atoms with Crippen LogP contribution in [0.4, 0.5) is 0 Å². The third kappa shape index (κ3) is 2.24. The first-order chi connectivity index (χ1) is 7.15. The summed E-state index contributed by atoms with van der Waals surface area (Å²) >= 11 is 0. The van der Waals surface area contributed by atoms with Gasteiger partial charge in [0, 0.05) is 6.04 Å². The number of hydrogen-bond donors (Lipinski definition) is 3. The van der Waals surface area contributed by atoms with Crippen molar-refractivity contribution in [2.24, 2.45) is 5.73 Å². The fourth-order valence-corrected chi connectivity index (χ4v) is 1.65. The summed E-state index contributed by atoms with van der Waals surface area (Å²) in [4.78, 5) is 23.9. The highest BCUT2D eigenvalue weighted by Crippen LogP contribution is 2.20. The molecule has 0 spiro atoms. The van der Waals surface area contributed by atoms with Gasteiger partial charge in [0.1, 0.15) is 6.10 Å². The Bertz CT molecular complexity index is 452. The summed E-state index contributed by atoms with van der Waals surface area (Å²) in [5.74, 6) is -0.103. The van der Waals surface area contributed by atoms with E-state index in [1.807, 2.05) is 4.98 Å². The second-order valence-corrected chi connectivity index (χ2v) is 3.62. The van der Waals surface area contributed by atoms with Crippen molar-refractivity contribution in [2.75, 3.05) is 0 Å². The molecule has 0 amide bonds. The molecule has 82 valence electrons. The van der Waals surface area contributed by atoms with Crippen LogP contribution < -0.4 is 21.7 Å². The van der Waals surface area contributed by atoms with Gasteiger partial charge in [-0.3, -0.25) is 9.78 Å². The zero-order valence-electron chi connectivity index (χ0n) is 8.03. The minimum Gasteiger partial charge on any atom is -0.469 e. The Labute approximate surface area is 84.7 Å². The van der Waals surface area contributed by atoms with Crippen LogP contribution >= 0.6 is 0 Å². The first-order valence-electron chi connectivity index (χ1n) is 4.76. The van der Waals surface area contributed by atoms with Gasteiger partial charge in [0.25, 0.3) is 5.88 Å². The molecule has 7 nitrogen and oxygen atoms in total. The molecule has 0 bridgehead atoms. The van der Waals surface area contributed by atoms with Gasteiger partial charge in [-0.05, 0) is 19.3 Å². The van der Waals surface area contributed by atoms with Crippen LogP contribution in [0, 0.1) is 0 Å². The van der Waals surface area contributed by atoms with Crippen molar-refractivity contribution in [3.63, 3.8) is 0 Å². The van der Waals surface area contributed by atoms with E-state index in [-0.39, 0.29) is 18.0 Å². The number of nitrogens with zero attached hydrogens (tertiary/aromatic N) is 1. The fourth-order valence-electron chi connectivity index (χ4n) is 1.65. The minimum atomic E-state index is -0.643. The molecule has 1 saturated carbocycles. The molecule has 7 heteroatoms. The number of ether oxygens (including phenoxy) is 1. The maximum absolute atomic E-state index is 11.2. The Morgan fingerprint density at radius 3 is 2.80 bits per heavy atom. The van der Waals surface area contributed by atoms with E-state index in [1.54, 1.807) is 0 Å². The lowest BCUT2D eigenvalue weighted by atomic mass is 10.3. The zero-order chi connectivity index (χ0) is 10.8. The Morgan fingerprint density at radius 2 is 2.20 bits per heavy atom. The fraction of sp³-hybridized carbons (Fsp3) is 0.625. The number of H-pyrrole nitrogens is 2. The van der Waals surface area contributed by atoms with Crippen molar-refractivity contribution in [3.05, 3.63) is 20.8 Å². The molecule has 1 fully saturated rings. The van der Waals surface area contributed by atoms with Crippen LogP contribution in [0.25, 0.3) is 0 Å².